The molecule has 7 aromatic carbocycles. The number of benzene rings is 7. The molecule has 0 saturated heterocycles. The van der Waals surface area contributed by atoms with Gasteiger partial charge in [0.15, 0.2) is 0 Å². The van der Waals surface area contributed by atoms with E-state index in [2.05, 4.69) is 205 Å². The Morgan fingerprint density at radius 2 is 1.01 bits per heavy atom. The van der Waals surface area contributed by atoms with E-state index in [1.807, 2.05) is 0 Å². The molecule has 8 bridgehead atoms. The molecule has 412 valence electrons. The van der Waals surface area contributed by atoms with Crippen LogP contribution in [0.15, 0.2) is 139 Å². The fourth-order valence-electron chi connectivity index (χ4n) is 21.8. The van der Waals surface area contributed by atoms with Gasteiger partial charge in [-0.1, -0.05) is 141 Å². The lowest BCUT2D eigenvalue weighted by molar-refractivity contribution is -0.00527. The van der Waals surface area contributed by atoms with Crippen molar-refractivity contribution in [2.24, 2.45) is 35.5 Å². The third kappa shape index (κ3) is 6.67. The van der Waals surface area contributed by atoms with Gasteiger partial charge in [0.25, 0.3) is 0 Å². The van der Waals surface area contributed by atoms with E-state index in [1.54, 1.807) is 27.7 Å². The number of nitrogens with zero attached hydrogens (tertiary/aromatic N) is 2. The summed E-state index contributed by atoms with van der Waals surface area (Å²) in [5, 5.41) is 3.05. The van der Waals surface area contributed by atoms with Gasteiger partial charge in [0.1, 0.15) is 0 Å². The summed E-state index contributed by atoms with van der Waals surface area (Å²) in [5.74, 6) is 5.33. The first-order chi connectivity index (χ1) is 39.3. The van der Waals surface area contributed by atoms with Crippen molar-refractivity contribution in [3.8, 4) is 33.4 Å². The van der Waals surface area contributed by atoms with E-state index in [1.165, 1.54) is 184 Å². The summed E-state index contributed by atoms with van der Waals surface area (Å²) in [4.78, 5) is 2.86. The highest BCUT2D eigenvalue weighted by Crippen LogP contribution is 2.65. The second kappa shape index (κ2) is 16.2. The van der Waals surface area contributed by atoms with Crippen molar-refractivity contribution in [1.29, 1.82) is 0 Å². The van der Waals surface area contributed by atoms with E-state index < -0.39 is 0 Å². The van der Waals surface area contributed by atoms with Crippen LogP contribution in [0.25, 0.3) is 60.9 Å². The fourth-order valence-corrected chi connectivity index (χ4v) is 21.8. The molecular formula is C79H83BN2. The summed E-state index contributed by atoms with van der Waals surface area (Å²) in [6.45, 7) is 22.5. The SMILES string of the molecule is CC(C)(C)c1ccc(N2C3=C(B4c5c(cc(-c6ccccc6)cc52)-c2cc(C56CC7CC(CC(C7)C5)C6)cc5c6cc(C78CC9CC(CC(C9)C7)C8)ccc6n4c25)C(C)(C)c2cc4c(cc23)C(C)(C)CCC4(C)C)c(-c2ccccc2)c1. The first-order valence-electron chi connectivity index (χ1n) is 32.6. The second-order valence-electron chi connectivity index (χ2n) is 32.4. The highest BCUT2D eigenvalue weighted by Gasteiger charge is 2.57. The van der Waals surface area contributed by atoms with Crippen LogP contribution in [-0.2, 0) is 32.5 Å². The molecule has 8 saturated carbocycles. The highest BCUT2D eigenvalue weighted by molar-refractivity contribution is 6.85. The summed E-state index contributed by atoms with van der Waals surface area (Å²) < 4.78 is 2.98. The number of aromatic nitrogens is 1. The second-order valence-corrected chi connectivity index (χ2v) is 32.4. The van der Waals surface area contributed by atoms with Gasteiger partial charge in [0, 0.05) is 55.3 Å². The van der Waals surface area contributed by atoms with E-state index >= 15 is 0 Å². The molecule has 2 nitrogen and oxygen atoms in total. The molecule has 0 atom stereocenters. The van der Waals surface area contributed by atoms with Gasteiger partial charge in [0.2, 0.25) is 0 Å². The summed E-state index contributed by atoms with van der Waals surface area (Å²) >= 11 is 0. The van der Waals surface area contributed by atoms with Crippen LogP contribution in [0.1, 0.15) is 191 Å². The molecule has 0 N–H and O–H groups in total. The number of hydrogen-bond acceptors (Lipinski definition) is 1. The minimum Gasteiger partial charge on any atom is -0.376 e. The van der Waals surface area contributed by atoms with Crippen molar-refractivity contribution in [3.63, 3.8) is 0 Å². The Bertz CT molecular complexity index is 4060. The number of anilines is 2. The van der Waals surface area contributed by atoms with Crippen LogP contribution in [0.2, 0.25) is 0 Å². The van der Waals surface area contributed by atoms with Crippen LogP contribution in [0, 0.1) is 35.5 Å². The summed E-state index contributed by atoms with van der Waals surface area (Å²) in [7, 11) is 0. The first kappa shape index (κ1) is 49.4. The topological polar surface area (TPSA) is 8.17 Å². The largest absolute Gasteiger partial charge is 0.376 e. The minimum absolute atomic E-state index is 0.0150. The van der Waals surface area contributed by atoms with Gasteiger partial charge in [0.05, 0.1) is 5.69 Å². The smallest absolute Gasteiger partial charge is 0.329 e. The zero-order valence-electron chi connectivity index (χ0n) is 50.5. The Balaban J connectivity index is 0.990. The molecule has 0 amide bonds. The molecular weight excluding hydrogens is 988 g/mol. The summed E-state index contributed by atoms with van der Waals surface area (Å²) in [5.41, 5.74) is 29.2. The first-order valence-corrected chi connectivity index (χ1v) is 32.6. The van der Waals surface area contributed by atoms with Crippen LogP contribution in [0.5, 0.6) is 0 Å². The lowest BCUT2D eigenvalue weighted by atomic mass is 9.40. The molecule has 10 aliphatic carbocycles. The van der Waals surface area contributed by atoms with Gasteiger partial charge < -0.3 is 9.38 Å². The van der Waals surface area contributed by atoms with Gasteiger partial charge in [-0.25, -0.2) is 0 Å². The third-order valence-electron chi connectivity index (χ3n) is 25.1. The molecule has 20 rings (SSSR count). The number of allylic oxidation sites excluding steroid dienone is 1. The van der Waals surface area contributed by atoms with Gasteiger partial charge >= 0.3 is 6.85 Å². The Morgan fingerprint density at radius 3 is 1.61 bits per heavy atom. The molecule has 3 heteroatoms. The Labute approximate surface area is 489 Å². The van der Waals surface area contributed by atoms with Gasteiger partial charge in [-0.05, 0) is 274 Å². The molecule has 3 heterocycles. The molecule has 8 aromatic rings. The van der Waals surface area contributed by atoms with Gasteiger partial charge in [-0.3, -0.25) is 0 Å². The van der Waals surface area contributed by atoms with Crippen molar-refractivity contribution in [3.05, 3.63) is 178 Å². The number of rotatable bonds is 5. The van der Waals surface area contributed by atoms with E-state index in [-0.39, 0.29) is 33.9 Å². The molecule has 8 fully saturated rings. The van der Waals surface area contributed by atoms with E-state index in [4.69, 9.17) is 0 Å². The Morgan fingerprint density at radius 1 is 0.451 bits per heavy atom. The van der Waals surface area contributed by atoms with Crippen molar-refractivity contribution in [2.45, 2.75) is 185 Å². The van der Waals surface area contributed by atoms with E-state index in [0.29, 0.717) is 5.41 Å². The maximum absolute atomic E-state index is 2.98. The number of hydrogen-bond donors (Lipinski definition) is 0. The molecule has 0 radical (unpaired) electrons. The Hall–Kier alpha value is -6.06. The summed E-state index contributed by atoms with van der Waals surface area (Å²) in [6, 6.07) is 55.1. The fraction of sp³-hybridized carbons (Fsp3) is 0.443. The molecule has 1 aromatic heterocycles. The van der Waals surface area contributed by atoms with Crippen molar-refractivity contribution < 1.29 is 0 Å². The van der Waals surface area contributed by atoms with E-state index in [9.17, 15) is 0 Å². The van der Waals surface area contributed by atoms with Gasteiger partial charge in [-0.2, -0.15) is 0 Å². The molecule has 0 unspecified atom stereocenters. The van der Waals surface area contributed by atoms with Crippen molar-refractivity contribution in [1.82, 2.24) is 4.48 Å². The lowest BCUT2D eigenvalue weighted by Gasteiger charge is -2.57. The quantitative estimate of drug-likeness (QED) is 0.156. The van der Waals surface area contributed by atoms with Crippen molar-refractivity contribution in [2.75, 3.05) is 4.90 Å². The molecule has 12 aliphatic rings. The molecule has 0 spiro atoms. The maximum atomic E-state index is 2.98. The normalized spacial score (nSPS) is 29.6. The standard InChI is InChI=1S/C79H83BN2/c1-74(2,3)55-20-22-67(58(34-55)53-18-14-11-15-19-53)81-69-33-54(52-16-12-10-13-17-52)32-60-62-37-57(79-43-49-29-50(44-79)31-51(30-49)45-79)36-61-59-35-56(78-40-46-26-47(41-78)28-48(27-46)42-78)21-23-68(59)82(71(61)62)80(70(60)69)73-72(81)63-38-65-66(39-64(63)77(73,8)9)76(6,7)25-24-75(65,4)5/h10-23,32-39,46-51H,24-31,40-45H2,1-9H3. The average Bonchev–Trinajstić information content (AvgIpc) is 3.40. The average molecular weight is 1070 g/mol. The lowest BCUT2D eigenvalue weighted by Crippen LogP contribution is -2.52. The maximum Gasteiger partial charge on any atom is 0.329 e. The molecule has 2 aliphatic heterocycles. The van der Waals surface area contributed by atoms with Crippen LogP contribution in [-0.4, -0.2) is 11.3 Å². The van der Waals surface area contributed by atoms with Crippen LogP contribution < -0.4 is 10.4 Å². The number of fused-ring (bicyclic) bond motifs is 9. The zero-order valence-corrected chi connectivity index (χ0v) is 50.5. The monoisotopic (exact) mass is 1070 g/mol. The Kier molecular flexibility index (Phi) is 9.77. The highest BCUT2D eigenvalue weighted by atomic mass is 15.2. The van der Waals surface area contributed by atoms with Crippen LogP contribution in [0.3, 0.4) is 0 Å². The predicted molar refractivity (Wildman–Crippen MR) is 345 cm³/mol. The minimum atomic E-state index is -0.301. The van der Waals surface area contributed by atoms with E-state index in [0.717, 1.165) is 35.5 Å². The van der Waals surface area contributed by atoms with Crippen LogP contribution in [0.4, 0.5) is 11.4 Å². The molecule has 82 heavy (non-hydrogen) atoms. The zero-order chi connectivity index (χ0) is 55.4. The summed E-state index contributed by atoms with van der Waals surface area (Å²) in [6.07, 6.45) is 19.5. The van der Waals surface area contributed by atoms with Crippen molar-refractivity contribution >= 4 is 51.2 Å². The van der Waals surface area contributed by atoms with Gasteiger partial charge in [-0.15, -0.1) is 0 Å². The van der Waals surface area contributed by atoms with Crippen LogP contribution >= 0.6 is 0 Å². The predicted octanol–water partition coefficient (Wildman–Crippen LogP) is 19.8. The third-order valence-corrected chi connectivity index (χ3v) is 25.1.